The average Bonchev–Trinajstić information content (AvgIpc) is 3.18. The zero-order valence-electron chi connectivity index (χ0n) is 31.4. The van der Waals surface area contributed by atoms with E-state index in [-0.39, 0.29) is 25.3 Å². The van der Waals surface area contributed by atoms with Gasteiger partial charge in [-0.1, -0.05) is 0 Å². The number of ether oxygens (including phenoxy) is 13. The summed E-state index contributed by atoms with van der Waals surface area (Å²) >= 11 is 0. The second-order valence-corrected chi connectivity index (χ2v) is 10.8. The highest BCUT2D eigenvalue weighted by Crippen LogP contribution is 2.17. The third-order valence-corrected chi connectivity index (χ3v) is 6.55. The summed E-state index contributed by atoms with van der Waals surface area (Å²) < 4.78 is 69.9. The molecule has 0 radical (unpaired) electrons. The number of non-ortho nitro benzene ring substituents is 1. The Bertz CT molecular complexity index is 1090. The molecule has 0 aliphatic rings. The topological polar surface area (TPSA) is 235 Å². The summed E-state index contributed by atoms with van der Waals surface area (Å²) in [4.78, 5) is 42.9. The van der Waals surface area contributed by atoms with Gasteiger partial charge in [0, 0.05) is 18.6 Å². The van der Waals surface area contributed by atoms with Crippen molar-refractivity contribution in [2.75, 3.05) is 159 Å². The fourth-order valence-electron chi connectivity index (χ4n) is 3.79. The molecule has 316 valence electrons. The number of carbonyl (C=O) groups is 3. The van der Waals surface area contributed by atoms with Gasteiger partial charge in [0.05, 0.1) is 157 Å². The quantitative estimate of drug-likeness (QED) is 0.0321. The van der Waals surface area contributed by atoms with Crippen molar-refractivity contribution >= 4 is 23.4 Å². The standard InChI is InChI=1S/C35H57NO19/c37-33(35(39)40)5-6-34(38)55-30-28-53-26-24-51-22-20-49-18-16-47-14-12-45-10-8-43-7-9-44-11-13-46-15-17-48-19-21-50-23-25-52-27-29-54-32-3-1-31(2-4-32)36(41)42/h1-4H,5-30H2,(H,39,40). The highest BCUT2D eigenvalue weighted by Gasteiger charge is 2.14. The van der Waals surface area contributed by atoms with Gasteiger partial charge in [-0.15, -0.1) is 0 Å². The van der Waals surface area contributed by atoms with E-state index in [4.69, 9.17) is 66.7 Å². The molecule has 20 nitrogen and oxygen atoms in total. The molecule has 0 amide bonds. The molecule has 0 fully saturated rings. The number of esters is 1. The molecule has 0 spiro atoms. The van der Waals surface area contributed by atoms with E-state index < -0.39 is 29.1 Å². The van der Waals surface area contributed by atoms with Gasteiger partial charge in [-0.25, -0.2) is 4.79 Å². The molecule has 1 aromatic rings. The third-order valence-electron chi connectivity index (χ3n) is 6.55. The number of ketones is 1. The number of hydrogen-bond donors (Lipinski definition) is 1. The molecule has 0 bridgehead atoms. The Kier molecular flexibility index (Phi) is 33.8. The van der Waals surface area contributed by atoms with Crippen LogP contribution in [-0.4, -0.2) is 186 Å². The van der Waals surface area contributed by atoms with Crippen LogP contribution in [0.3, 0.4) is 0 Å². The van der Waals surface area contributed by atoms with Gasteiger partial charge >= 0.3 is 11.9 Å². The van der Waals surface area contributed by atoms with E-state index in [1.54, 1.807) is 12.1 Å². The Labute approximate surface area is 320 Å². The average molecular weight is 796 g/mol. The van der Waals surface area contributed by atoms with E-state index in [9.17, 15) is 24.5 Å². The Morgan fingerprint density at radius 2 is 0.745 bits per heavy atom. The van der Waals surface area contributed by atoms with Crippen molar-refractivity contribution in [2.45, 2.75) is 12.8 Å². The lowest BCUT2D eigenvalue weighted by Crippen LogP contribution is -2.17. The van der Waals surface area contributed by atoms with Crippen LogP contribution >= 0.6 is 0 Å². The number of carbonyl (C=O) groups excluding carboxylic acids is 2. The number of aliphatic carboxylic acids is 1. The molecule has 0 saturated carbocycles. The van der Waals surface area contributed by atoms with Crippen molar-refractivity contribution in [3.63, 3.8) is 0 Å². The van der Waals surface area contributed by atoms with Crippen molar-refractivity contribution in [2.24, 2.45) is 0 Å². The summed E-state index contributed by atoms with van der Waals surface area (Å²) in [6, 6.07) is 5.87. The van der Waals surface area contributed by atoms with Crippen molar-refractivity contribution < 1.29 is 86.0 Å². The maximum absolute atomic E-state index is 11.4. The number of nitrogens with zero attached hydrogens (tertiary/aromatic N) is 1. The van der Waals surface area contributed by atoms with Crippen LogP contribution in [0.1, 0.15) is 12.8 Å². The largest absolute Gasteiger partial charge is 0.491 e. The lowest BCUT2D eigenvalue weighted by Gasteiger charge is -2.09. The van der Waals surface area contributed by atoms with E-state index in [1.807, 2.05) is 0 Å². The molecule has 0 heterocycles. The Hall–Kier alpha value is -3.41. The normalized spacial score (nSPS) is 11.1. The summed E-state index contributed by atoms with van der Waals surface area (Å²) in [5.74, 6) is -2.71. The van der Waals surface area contributed by atoms with Crippen LogP contribution in [0.25, 0.3) is 0 Å². The Morgan fingerprint density at radius 1 is 0.455 bits per heavy atom. The first-order valence-corrected chi connectivity index (χ1v) is 18.0. The van der Waals surface area contributed by atoms with Gasteiger partial charge in [-0.05, 0) is 12.1 Å². The molecule has 0 saturated heterocycles. The summed E-state index contributed by atoms with van der Waals surface area (Å²) in [6.07, 6.45) is -0.674. The van der Waals surface area contributed by atoms with E-state index in [2.05, 4.69) is 0 Å². The molecular formula is C35H57NO19. The van der Waals surface area contributed by atoms with Gasteiger partial charge in [0.2, 0.25) is 5.78 Å². The van der Waals surface area contributed by atoms with Gasteiger partial charge in [-0.2, -0.15) is 0 Å². The minimum Gasteiger partial charge on any atom is -0.491 e. The molecule has 20 heteroatoms. The maximum Gasteiger partial charge on any atom is 0.372 e. The van der Waals surface area contributed by atoms with Crippen LogP contribution in [0, 0.1) is 10.1 Å². The second kappa shape index (κ2) is 37.5. The molecule has 0 aromatic heterocycles. The summed E-state index contributed by atoms with van der Waals surface area (Å²) in [5, 5.41) is 19.1. The third kappa shape index (κ3) is 33.6. The number of nitro groups is 1. The maximum atomic E-state index is 11.4. The first-order valence-electron chi connectivity index (χ1n) is 18.0. The van der Waals surface area contributed by atoms with Crippen molar-refractivity contribution in [1.82, 2.24) is 0 Å². The van der Waals surface area contributed by atoms with Gasteiger partial charge in [0.1, 0.15) is 19.0 Å². The van der Waals surface area contributed by atoms with E-state index >= 15 is 0 Å². The molecule has 0 atom stereocenters. The van der Waals surface area contributed by atoms with Gasteiger partial charge in [0.15, 0.2) is 0 Å². The minimum absolute atomic E-state index is 0.00532. The van der Waals surface area contributed by atoms with Crippen LogP contribution in [0.5, 0.6) is 5.75 Å². The Morgan fingerprint density at radius 3 is 1.04 bits per heavy atom. The Balaban J connectivity index is 1.65. The number of carboxylic acids is 1. The molecule has 1 N–H and O–H groups in total. The van der Waals surface area contributed by atoms with Crippen molar-refractivity contribution in [1.29, 1.82) is 0 Å². The summed E-state index contributed by atoms with van der Waals surface area (Å²) in [6.45, 7) is 9.47. The first kappa shape index (κ1) is 49.6. The molecule has 0 unspecified atom stereocenters. The van der Waals surface area contributed by atoms with E-state index in [0.29, 0.717) is 151 Å². The van der Waals surface area contributed by atoms with E-state index in [1.165, 1.54) is 12.1 Å². The fourth-order valence-corrected chi connectivity index (χ4v) is 3.79. The van der Waals surface area contributed by atoms with Crippen molar-refractivity contribution in [3.8, 4) is 5.75 Å². The van der Waals surface area contributed by atoms with Crippen LogP contribution in [0.15, 0.2) is 24.3 Å². The predicted molar refractivity (Wildman–Crippen MR) is 190 cm³/mol. The lowest BCUT2D eigenvalue weighted by molar-refractivity contribution is -0.384. The van der Waals surface area contributed by atoms with Gasteiger partial charge in [-0.3, -0.25) is 19.7 Å². The highest BCUT2D eigenvalue weighted by atomic mass is 16.6. The molecular weight excluding hydrogens is 738 g/mol. The summed E-state index contributed by atoms with van der Waals surface area (Å²) in [7, 11) is 0. The van der Waals surface area contributed by atoms with Crippen LogP contribution < -0.4 is 4.74 Å². The van der Waals surface area contributed by atoms with Crippen LogP contribution in [0.2, 0.25) is 0 Å². The summed E-state index contributed by atoms with van der Waals surface area (Å²) in [5.41, 5.74) is 0.0155. The molecule has 1 rings (SSSR count). The molecule has 1 aromatic carbocycles. The fraction of sp³-hybridized carbons (Fsp3) is 0.743. The van der Waals surface area contributed by atoms with Crippen LogP contribution in [0.4, 0.5) is 5.69 Å². The number of carboxylic acid groups (broad SMARTS) is 1. The minimum atomic E-state index is -1.57. The lowest BCUT2D eigenvalue weighted by atomic mass is 10.2. The van der Waals surface area contributed by atoms with Crippen molar-refractivity contribution in [3.05, 3.63) is 34.4 Å². The zero-order valence-corrected chi connectivity index (χ0v) is 31.4. The first-order chi connectivity index (χ1) is 26.9. The van der Waals surface area contributed by atoms with Gasteiger partial charge in [0.25, 0.3) is 5.69 Å². The molecule has 55 heavy (non-hydrogen) atoms. The number of nitro benzene ring substituents is 1. The molecule has 0 aliphatic carbocycles. The second-order valence-electron chi connectivity index (χ2n) is 10.8. The monoisotopic (exact) mass is 795 g/mol. The zero-order chi connectivity index (χ0) is 39.9. The van der Waals surface area contributed by atoms with Gasteiger partial charge < -0.3 is 66.7 Å². The van der Waals surface area contributed by atoms with Crippen LogP contribution in [-0.2, 0) is 71.2 Å². The molecule has 0 aliphatic heterocycles. The SMILES string of the molecule is O=C(CCC(=O)C(=O)O)OCCOCCOCCOCCOCCOCCOCCOCCOCCOCCOCCOCCOc1ccc([N+](=O)[O-])cc1. The number of benzene rings is 1. The van der Waals surface area contributed by atoms with E-state index in [0.717, 1.165) is 0 Å². The highest BCUT2D eigenvalue weighted by molar-refractivity contribution is 6.32. The predicted octanol–water partition coefficient (Wildman–Crippen LogP) is 1.13. The number of Topliss-reactive ketones (excluding diaryl/α,β-unsaturated/α-hetero) is 1. The smallest absolute Gasteiger partial charge is 0.372 e. The number of rotatable bonds is 42. The number of hydrogen-bond acceptors (Lipinski definition) is 18.